The normalized spacial score (nSPS) is 18.7. The molecule has 7 heteroatoms. The number of hydrogen-bond acceptors (Lipinski definition) is 5. The molecule has 2 aromatic heterocycles. The first-order valence-corrected chi connectivity index (χ1v) is 8.79. The zero-order valence-corrected chi connectivity index (χ0v) is 14.5. The first-order chi connectivity index (χ1) is 11.0. The van der Waals surface area contributed by atoms with E-state index in [0.717, 1.165) is 29.5 Å². The number of nitrogens with one attached hydrogen (secondary N) is 3. The van der Waals surface area contributed by atoms with Crippen LogP contribution < -0.4 is 16.2 Å². The number of aromatic amines is 1. The van der Waals surface area contributed by atoms with E-state index in [4.69, 9.17) is 0 Å². The van der Waals surface area contributed by atoms with Crippen molar-refractivity contribution in [3.63, 3.8) is 0 Å². The maximum atomic E-state index is 12.5. The molecule has 2 heterocycles. The molecule has 23 heavy (non-hydrogen) atoms. The van der Waals surface area contributed by atoms with Crippen molar-refractivity contribution in [1.82, 2.24) is 20.6 Å². The van der Waals surface area contributed by atoms with Crippen LogP contribution in [0.25, 0.3) is 10.2 Å². The van der Waals surface area contributed by atoms with Gasteiger partial charge in [-0.25, -0.2) is 4.98 Å². The Balaban J connectivity index is 1.92. The second kappa shape index (κ2) is 6.41. The van der Waals surface area contributed by atoms with E-state index in [0.29, 0.717) is 11.7 Å². The van der Waals surface area contributed by atoms with Crippen LogP contribution in [0.1, 0.15) is 42.6 Å². The van der Waals surface area contributed by atoms with Gasteiger partial charge in [0.15, 0.2) is 0 Å². The maximum Gasteiger partial charge on any atom is 0.259 e. The highest BCUT2D eigenvalue weighted by Gasteiger charge is 2.23. The van der Waals surface area contributed by atoms with Crippen molar-refractivity contribution in [1.29, 1.82) is 0 Å². The van der Waals surface area contributed by atoms with Gasteiger partial charge in [-0.1, -0.05) is 6.92 Å². The zero-order chi connectivity index (χ0) is 16.6. The number of carbonyl (C=O) groups excluding carboxylic acids is 1. The molecule has 0 aromatic carbocycles. The fourth-order valence-electron chi connectivity index (χ4n) is 3.00. The van der Waals surface area contributed by atoms with E-state index in [1.807, 2.05) is 6.92 Å². The van der Waals surface area contributed by atoms with E-state index in [1.54, 1.807) is 18.4 Å². The van der Waals surface area contributed by atoms with Gasteiger partial charge in [0.25, 0.3) is 5.56 Å². The Labute approximate surface area is 138 Å². The molecule has 3 rings (SSSR count). The highest BCUT2D eigenvalue weighted by Crippen LogP contribution is 2.35. The third-order valence-corrected chi connectivity index (χ3v) is 5.59. The van der Waals surface area contributed by atoms with Crippen LogP contribution in [0.4, 0.5) is 0 Å². The van der Waals surface area contributed by atoms with Gasteiger partial charge in [0, 0.05) is 11.9 Å². The van der Waals surface area contributed by atoms with Crippen molar-refractivity contribution < 1.29 is 4.79 Å². The zero-order valence-electron chi connectivity index (χ0n) is 13.7. The van der Waals surface area contributed by atoms with Gasteiger partial charge >= 0.3 is 0 Å². The van der Waals surface area contributed by atoms with Crippen molar-refractivity contribution in [2.24, 2.45) is 5.92 Å². The molecule has 0 fully saturated rings. The summed E-state index contributed by atoms with van der Waals surface area (Å²) in [5.74, 6) is 1.15. The molecule has 3 N–H and O–H groups in total. The lowest BCUT2D eigenvalue weighted by molar-refractivity contribution is -0.119. The average molecular weight is 334 g/mol. The molecular formula is C16H22N4O2S. The average Bonchev–Trinajstić information content (AvgIpc) is 2.89. The Bertz CT molecular complexity index is 795. The molecule has 124 valence electrons. The molecule has 1 amide bonds. The third-order valence-electron chi connectivity index (χ3n) is 4.44. The highest BCUT2D eigenvalue weighted by atomic mass is 32.1. The highest BCUT2D eigenvalue weighted by molar-refractivity contribution is 7.18. The summed E-state index contributed by atoms with van der Waals surface area (Å²) in [5, 5.41) is 6.39. The lowest BCUT2D eigenvalue weighted by Gasteiger charge is -2.17. The summed E-state index contributed by atoms with van der Waals surface area (Å²) in [5.41, 5.74) is 1.13. The van der Waals surface area contributed by atoms with Gasteiger partial charge in [0.2, 0.25) is 5.91 Å². The van der Waals surface area contributed by atoms with Gasteiger partial charge in [-0.15, -0.1) is 11.3 Å². The standard InChI is InChI=1S/C16H22N4O2S/c1-8-4-5-10-11(6-8)23-16-13(10)15(22)19-14(20-16)9(2)18-7-12(21)17-3/h8-9,18H,4-7H2,1-3H3,(H,17,21)(H,19,20,22)/t8-,9+/m0/s1. The van der Waals surface area contributed by atoms with E-state index in [-0.39, 0.29) is 24.1 Å². The number of aryl methyl sites for hydroxylation is 1. The Kier molecular flexibility index (Phi) is 4.50. The second-order valence-electron chi connectivity index (χ2n) is 6.26. The van der Waals surface area contributed by atoms with Crippen LogP contribution in [0.5, 0.6) is 0 Å². The van der Waals surface area contributed by atoms with E-state index in [1.165, 1.54) is 10.4 Å². The Morgan fingerprint density at radius 2 is 2.30 bits per heavy atom. The molecule has 0 spiro atoms. The summed E-state index contributed by atoms with van der Waals surface area (Å²) in [6.07, 6.45) is 3.13. The molecule has 2 aromatic rings. The number of likely N-dealkylation sites (N-methyl/N-ethyl adjacent to an activating group) is 1. The van der Waals surface area contributed by atoms with Gasteiger partial charge in [-0.2, -0.15) is 0 Å². The van der Waals surface area contributed by atoms with E-state index >= 15 is 0 Å². The molecule has 0 radical (unpaired) electrons. The molecule has 6 nitrogen and oxygen atoms in total. The number of carbonyl (C=O) groups is 1. The molecule has 0 saturated heterocycles. The number of thiophene rings is 1. The van der Waals surface area contributed by atoms with Crippen molar-refractivity contribution in [2.75, 3.05) is 13.6 Å². The number of amides is 1. The van der Waals surface area contributed by atoms with Crippen LogP contribution in [-0.4, -0.2) is 29.5 Å². The number of H-pyrrole nitrogens is 1. The van der Waals surface area contributed by atoms with Crippen LogP contribution in [0, 0.1) is 5.92 Å². The Morgan fingerprint density at radius 1 is 1.52 bits per heavy atom. The van der Waals surface area contributed by atoms with Gasteiger partial charge in [0.05, 0.1) is 18.0 Å². The van der Waals surface area contributed by atoms with Crippen molar-refractivity contribution in [3.8, 4) is 0 Å². The number of nitrogens with zero attached hydrogens (tertiary/aromatic N) is 1. The molecule has 1 aliphatic carbocycles. The minimum absolute atomic E-state index is 0.0642. The quantitative estimate of drug-likeness (QED) is 0.791. The molecule has 0 unspecified atom stereocenters. The molecule has 2 atom stereocenters. The van der Waals surface area contributed by atoms with Gasteiger partial charge in [-0.3, -0.25) is 14.9 Å². The van der Waals surface area contributed by atoms with Gasteiger partial charge in [-0.05, 0) is 37.7 Å². The Morgan fingerprint density at radius 3 is 3.04 bits per heavy atom. The first-order valence-electron chi connectivity index (χ1n) is 7.98. The predicted molar refractivity (Wildman–Crippen MR) is 91.9 cm³/mol. The van der Waals surface area contributed by atoms with Crippen LogP contribution in [0.2, 0.25) is 0 Å². The summed E-state index contributed by atoms with van der Waals surface area (Å²) < 4.78 is 0. The monoisotopic (exact) mass is 334 g/mol. The minimum Gasteiger partial charge on any atom is -0.358 e. The van der Waals surface area contributed by atoms with E-state index in [9.17, 15) is 9.59 Å². The van der Waals surface area contributed by atoms with Crippen molar-refractivity contribution in [3.05, 3.63) is 26.6 Å². The lowest BCUT2D eigenvalue weighted by Crippen LogP contribution is -2.34. The van der Waals surface area contributed by atoms with E-state index in [2.05, 4.69) is 27.5 Å². The topological polar surface area (TPSA) is 86.9 Å². The van der Waals surface area contributed by atoms with Gasteiger partial charge < -0.3 is 10.3 Å². The number of aromatic nitrogens is 2. The Hall–Kier alpha value is -1.73. The van der Waals surface area contributed by atoms with E-state index < -0.39 is 0 Å². The molecular weight excluding hydrogens is 312 g/mol. The number of rotatable bonds is 4. The SMILES string of the molecule is CNC(=O)CN[C@H](C)c1nc2sc3c(c2c(=O)[nH]1)CC[C@H](C)C3. The second-order valence-corrected chi connectivity index (χ2v) is 7.34. The van der Waals surface area contributed by atoms with Crippen LogP contribution in [0.3, 0.4) is 0 Å². The third kappa shape index (κ3) is 3.16. The minimum atomic E-state index is -0.192. The largest absolute Gasteiger partial charge is 0.358 e. The van der Waals surface area contributed by atoms with Crippen molar-refractivity contribution in [2.45, 2.75) is 39.2 Å². The summed E-state index contributed by atoms with van der Waals surface area (Å²) in [4.78, 5) is 33.5. The molecule has 0 saturated carbocycles. The summed E-state index contributed by atoms with van der Waals surface area (Å²) in [6.45, 7) is 4.34. The fourth-order valence-corrected chi connectivity index (χ4v) is 4.39. The van der Waals surface area contributed by atoms with Crippen LogP contribution in [-0.2, 0) is 17.6 Å². The number of hydrogen-bond donors (Lipinski definition) is 3. The summed E-state index contributed by atoms with van der Waals surface area (Å²) in [6, 6.07) is -0.192. The molecule has 0 aliphatic heterocycles. The first kappa shape index (κ1) is 16.1. The molecule has 0 bridgehead atoms. The van der Waals surface area contributed by atoms with Gasteiger partial charge in [0.1, 0.15) is 10.7 Å². The van der Waals surface area contributed by atoms with Crippen LogP contribution >= 0.6 is 11.3 Å². The molecule has 1 aliphatic rings. The van der Waals surface area contributed by atoms with Crippen molar-refractivity contribution >= 4 is 27.5 Å². The number of fused-ring (bicyclic) bond motifs is 3. The summed E-state index contributed by atoms with van der Waals surface area (Å²) >= 11 is 1.64. The summed E-state index contributed by atoms with van der Waals surface area (Å²) in [7, 11) is 1.60. The fraction of sp³-hybridized carbons (Fsp3) is 0.562. The van der Waals surface area contributed by atoms with Crippen LogP contribution in [0.15, 0.2) is 4.79 Å². The maximum absolute atomic E-state index is 12.5. The lowest BCUT2D eigenvalue weighted by atomic mass is 9.89. The predicted octanol–water partition coefficient (Wildman–Crippen LogP) is 1.51. The smallest absolute Gasteiger partial charge is 0.259 e.